The van der Waals surface area contributed by atoms with E-state index in [1.165, 1.54) is 0 Å². The maximum atomic E-state index is 4.25. The molecule has 0 spiro atoms. The second kappa shape index (κ2) is 3.50. The number of aromatic nitrogens is 2. The van der Waals surface area contributed by atoms with Gasteiger partial charge in [0.25, 0.3) is 0 Å². The smallest absolute Gasteiger partial charge is 0.225 e. The van der Waals surface area contributed by atoms with Crippen LogP contribution in [0.25, 0.3) is 0 Å². The number of nitrogens with zero attached hydrogens (tertiary/aromatic N) is 3. The molecule has 1 saturated heterocycles. The van der Waals surface area contributed by atoms with Crippen molar-refractivity contribution < 1.29 is 0 Å². The highest BCUT2D eigenvalue weighted by Crippen LogP contribution is 2.35. The Hall–Kier alpha value is -0.640. The fourth-order valence-corrected chi connectivity index (χ4v) is 2.20. The molecule has 1 fully saturated rings. The van der Waals surface area contributed by atoms with Gasteiger partial charge in [0, 0.05) is 30.3 Å². The van der Waals surface area contributed by atoms with E-state index in [0.29, 0.717) is 10.2 Å². The minimum Gasteiger partial charge on any atom is -0.339 e. The van der Waals surface area contributed by atoms with Gasteiger partial charge in [0.15, 0.2) is 0 Å². The summed E-state index contributed by atoms with van der Waals surface area (Å²) in [4.78, 5) is 11.2. The lowest BCUT2D eigenvalue weighted by atomic mass is 9.93. The van der Waals surface area contributed by atoms with E-state index >= 15 is 0 Å². The first-order valence-electron chi connectivity index (χ1n) is 4.76. The van der Waals surface area contributed by atoms with Gasteiger partial charge in [0.1, 0.15) is 0 Å². The second-order valence-electron chi connectivity index (χ2n) is 4.39. The molecule has 2 heterocycles. The molecule has 0 radical (unpaired) electrons. The third-order valence-corrected chi connectivity index (χ3v) is 4.19. The fraction of sp³-hybridized carbons (Fsp3) is 0.600. The first-order chi connectivity index (χ1) is 6.59. The van der Waals surface area contributed by atoms with Gasteiger partial charge in [-0.05, 0) is 11.5 Å². The predicted octanol–water partition coefficient (Wildman–Crippen LogP) is 2.09. The monoisotopic (exact) mass is 255 g/mol. The predicted molar refractivity (Wildman–Crippen MR) is 60.7 cm³/mol. The van der Waals surface area contributed by atoms with Crippen LogP contribution in [0.15, 0.2) is 18.5 Å². The number of rotatable bonds is 1. The van der Waals surface area contributed by atoms with Gasteiger partial charge < -0.3 is 4.90 Å². The lowest BCUT2D eigenvalue weighted by Gasteiger charge is -2.20. The van der Waals surface area contributed by atoms with Gasteiger partial charge in [-0.25, -0.2) is 9.97 Å². The summed E-state index contributed by atoms with van der Waals surface area (Å²) in [5.74, 6) is 0.836. The van der Waals surface area contributed by atoms with Crippen LogP contribution in [0.3, 0.4) is 0 Å². The molecule has 0 amide bonds. The quantitative estimate of drug-likeness (QED) is 0.720. The summed E-state index contributed by atoms with van der Waals surface area (Å²) in [7, 11) is 0. The van der Waals surface area contributed by atoms with Crippen molar-refractivity contribution in [1.82, 2.24) is 9.97 Å². The van der Waals surface area contributed by atoms with E-state index in [0.717, 1.165) is 19.0 Å². The van der Waals surface area contributed by atoms with Crippen molar-refractivity contribution in [3.05, 3.63) is 18.5 Å². The second-order valence-corrected chi connectivity index (χ2v) is 5.49. The highest BCUT2D eigenvalue weighted by molar-refractivity contribution is 9.09. The Kier molecular flexibility index (Phi) is 2.47. The SMILES string of the molecule is CC1(C)CN(c2ncccn2)CC1Br. The molecule has 4 heteroatoms. The summed E-state index contributed by atoms with van der Waals surface area (Å²) in [5.41, 5.74) is 0.291. The van der Waals surface area contributed by atoms with E-state index in [2.05, 4.69) is 44.6 Å². The van der Waals surface area contributed by atoms with Crippen LogP contribution in [-0.2, 0) is 0 Å². The molecule has 0 saturated carbocycles. The van der Waals surface area contributed by atoms with E-state index in [-0.39, 0.29) is 0 Å². The van der Waals surface area contributed by atoms with Crippen LogP contribution in [0.1, 0.15) is 13.8 Å². The van der Waals surface area contributed by atoms with Crippen LogP contribution in [0.4, 0.5) is 5.95 Å². The number of hydrogen-bond acceptors (Lipinski definition) is 3. The topological polar surface area (TPSA) is 29.0 Å². The summed E-state index contributed by atoms with van der Waals surface area (Å²) < 4.78 is 0. The molecule has 2 rings (SSSR count). The zero-order chi connectivity index (χ0) is 10.2. The average molecular weight is 256 g/mol. The van der Waals surface area contributed by atoms with Crippen molar-refractivity contribution in [1.29, 1.82) is 0 Å². The van der Waals surface area contributed by atoms with Crippen molar-refractivity contribution in [2.75, 3.05) is 18.0 Å². The molecule has 0 N–H and O–H groups in total. The van der Waals surface area contributed by atoms with Gasteiger partial charge in [-0.15, -0.1) is 0 Å². The maximum Gasteiger partial charge on any atom is 0.225 e. The Morgan fingerprint density at radius 1 is 1.43 bits per heavy atom. The average Bonchev–Trinajstić information content (AvgIpc) is 2.43. The van der Waals surface area contributed by atoms with Gasteiger partial charge in [-0.2, -0.15) is 0 Å². The van der Waals surface area contributed by atoms with E-state index in [9.17, 15) is 0 Å². The van der Waals surface area contributed by atoms with Crippen molar-refractivity contribution >= 4 is 21.9 Å². The molecule has 0 aliphatic carbocycles. The number of hydrogen-bond donors (Lipinski definition) is 0. The molecule has 1 aromatic heterocycles. The van der Waals surface area contributed by atoms with Crippen LogP contribution in [-0.4, -0.2) is 27.9 Å². The number of anilines is 1. The van der Waals surface area contributed by atoms with E-state index in [4.69, 9.17) is 0 Å². The molecule has 1 unspecified atom stereocenters. The number of alkyl halides is 1. The summed E-state index contributed by atoms with van der Waals surface area (Å²) in [5, 5.41) is 0. The Morgan fingerprint density at radius 2 is 2.07 bits per heavy atom. The molecule has 1 aromatic rings. The van der Waals surface area contributed by atoms with Gasteiger partial charge in [-0.3, -0.25) is 0 Å². The molecule has 0 aromatic carbocycles. The maximum absolute atomic E-state index is 4.25. The highest BCUT2D eigenvalue weighted by Gasteiger charge is 2.38. The molecule has 1 aliphatic rings. The van der Waals surface area contributed by atoms with Crippen LogP contribution in [0.2, 0.25) is 0 Å². The van der Waals surface area contributed by atoms with Crippen LogP contribution < -0.4 is 4.90 Å². The zero-order valence-electron chi connectivity index (χ0n) is 8.44. The Bertz CT molecular complexity index is 312. The molecular weight excluding hydrogens is 242 g/mol. The Labute approximate surface area is 92.7 Å². The van der Waals surface area contributed by atoms with Crippen molar-refractivity contribution in [2.24, 2.45) is 5.41 Å². The van der Waals surface area contributed by atoms with Gasteiger partial charge in [0.2, 0.25) is 5.95 Å². The fourth-order valence-electron chi connectivity index (χ4n) is 1.70. The van der Waals surface area contributed by atoms with Gasteiger partial charge in [-0.1, -0.05) is 29.8 Å². The van der Waals surface area contributed by atoms with E-state index in [1.807, 2.05) is 6.07 Å². The molecule has 1 atom stereocenters. The first kappa shape index (κ1) is 9.90. The van der Waals surface area contributed by atoms with Crippen molar-refractivity contribution in [2.45, 2.75) is 18.7 Å². The third kappa shape index (κ3) is 1.75. The molecular formula is C10H14BrN3. The summed E-state index contributed by atoms with van der Waals surface area (Å²) >= 11 is 3.70. The summed E-state index contributed by atoms with van der Waals surface area (Å²) in [6, 6.07) is 1.84. The molecule has 3 nitrogen and oxygen atoms in total. The minimum absolute atomic E-state index is 0.291. The highest BCUT2D eigenvalue weighted by atomic mass is 79.9. The number of halogens is 1. The molecule has 14 heavy (non-hydrogen) atoms. The standard InChI is InChI=1S/C10H14BrN3/c1-10(2)7-14(6-8(10)11)9-12-4-3-5-13-9/h3-5,8H,6-7H2,1-2H3. The molecule has 0 bridgehead atoms. The molecule has 76 valence electrons. The van der Waals surface area contributed by atoms with Gasteiger partial charge in [0.05, 0.1) is 0 Å². The summed E-state index contributed by atoms with van der Waals surface area (Å²) in [6.45, 7) is 6.51. The lowest BCUT2D eigenvalue weighted by Crippen LogP contribution is -2.24. The Balaban J connectivity index is 2.17. The minimum atomic E-state index is 0.291. The van der Waals surface area contributed by atoms with Crippen molar-refractivity contribution in [3.63, 3.8) is 0 Å². The zero-order valence-corrected chi connectivity index (χ0v) is 10.0. The van der Waals surface area contributed by atoms with E-state index in [1.54, 1.807) is 12.4 Å². The van der Waals surface area contributed by atoms with Crippen molar-refractivity contribution in [3.8, 4) is 0 Å². The third-order valence-electron chi connectivity index (χ3n) is 2.66. The lowest BCUT2D eigenvalue weighted by molar-refractivity contribution is 0.434. The van der Waals surface area contributed by atoms with Crippen LogP contribution in [0, 0.1) is 5.41 Å². The Morgan fingerprint density at radius 3 is 2.57 bits per heavy atom. The summed E-state index contributed by atoms with van der Waals surface area (Å²) in [6.07, 6.45) is 3.58. The first-order valence-corrected chi connectivity index (χ1v) is 5.67. The largest absolute Gasteiger partial charge is 0.339 e. The van der Waals surface area contributed by atoms with Crippen LogP contribution >= 0.6 is 15.9 Å². The van der Waals surface area contributed by atoms with Crippen LogP contribution in [0.5, 0.6) is 0 Å². The normalized spacial score (nSPS) is 25.4. The van der Waals surface area contributed by atoms with E-state index < -0.39 is 0 Å². The molecule has 1 aliphatic heterocycles. The van der Waals surface area contributed by atoms with Gasteiger partial charge >= 0.3 is 0 Å².